The third-order valence-corrected chi connectivity index (χ3v) is 6.21. The van der Waals surface area contributed by atoms with Gasteiger partial charge >= 0.3 is 0 Å². The molecule has 26 heavy (non-hydrogen) atoms. The summed E-state index contributed by atoms with van der Waals surface area (Å²) in [5.41, 5.74) is 1.24. The van der Waals surface area contributed by atoms with Crippen molar-refractivity contribution in [3.05, 3.63) is 77.2 Å². The van der Waals surface area contributed by atoms with Crippen LogP contribution in [0, 0.1) is 0 Å². The van der Waals surface area contributed by atoms with Crippen LogP contribution in [0.1, 0.15) is 37.7 Å². The Morgan fingerprint density at radius 3 is 2.50 bits per heavy atom. The van der Waals surface area contributed by atoms with Gasteiger partial charge in [-0.2, -0.15) is 0 Å². The summed E-state index contributed by atoms with van der Waals surface area (Å²) in [5.74, 6) is 0. The lowest BCUT2D eigenvalue weighted by Crippen LogP contribution is -2.41. The topological polar surface area (TPSA) is 18.5 Å². The quantitative estimate of drug-likeness (QED) is 0.648. The summed E-state index contributed by atoms with van der Waals surface area (Å²) in [6, 6.07) is 21.1. The summed E-state index contributed by atoms with van der Waals surface area (Å²) in [4.78, 5) is 2.76. The maximum Gasteiger partial charge on any atom is 0.0843 e. The summed E-state index contributed by atoms with van der Waals surface area (Å²) in [6.07, 6.45) is 8.54. The molecule has 0 aliphatic carbocycles. The first-order valence-corrected chi connectivity index (χ1v) is 10.4. The zero-order valence-electron chi connectivity index (χ0n) is 15.1. The number of rotatable bonds is 5. The SMILES string of the molecule is C1=C(/Sc2ccccc2)C[C@H]2CC[C@H](OCc3ccccc3)[C@@H](CC/1)O2. The van der Waals surface area contributed by atoms with Crippen molar-refractivity contribution >= 4 is 11.8 Å². The predicted octanol–water partition coefficient (Wildman–Crippen LogP) is 5.98. The van der Waals surface area contributed by atoms with Gasteiger partial charge < -0.3 is 9.47 Å². The molecule has 4 rings (SSSR count). The van der Waals surface area contributed by atoms with Gasteiger partial charge in [0.25, 0.3) is 0 Å². The summed E-state index contributed by atoms with van der Waals surface area (Å²) >= 11 is 1.89. The molecule has 3 atom stereocenters. The van der Waals surface area contributed by atoms with Crippen molar-refractivity contribution in [2.45, 2.75) is 61.9 Å². The molecule has 3 heteroatoms. The van der Waals surface area contributed by atoms with Gasteiger partial charge in [0.05, 0.1) is 24.9 Å². The van der Waals surface area contributed by atoms with Crippen LogP contribution in [0.25, 0.3) is 0 Å². The highest BCUT2D eigenvalue weighted by molar-refractivity contribution is 8.03. The van der Waals surface area contributed by atoms with Crippen LogP contribution in [-0.4, -0.2) is 18.3 Å². The van der Waals surface area contributed by atoms with Crippen LogP contribution < -0.4 is 0 Å². The highest BCUT2D eigenvalue weighted by atomic mass is 32.2. The number of ether oxygens (including phenoxy) is 2. The Balaban J connectivity index is 1.35. The van der Waals surface area contributed by atoms with Crippen molar-refractivity contribution < 1.29 is 9.47 Å². The Kier molecular flexibility index (Phi) is 6.11. The van der Waals surface area contributed by atoms with E-state index in [0.29, 0.717) is 12.7 Å². The number of fused-ring (bicyclic) bond motifs is 2. The highest BCUT2D eigenvalue weighted by Gasteiger charge is 2.33. The number of hydrogen-bond donors (Lipinski definition) is 0. The lowest BCUT2D eigenvalue weighted by molar-refractivity contribution is -0.146. The minimum atomic E-state index is 0.225. The summed E-state index contributed by atoms with van der Waals surface area (Å²) in [5, 5.41) is 0. The molecular formula is C23H26O2S. The van der Waals surface area contributed by atoms with Gasteiger partial charge in [-0.05, 0) is 48.3 Å². The van der Waals surface area contributed by atoms with Crippen molar-refractivity contribution in [2.75, 3.05) is 0 Å². The first-order chi connectivity index (χ1) is 12.9. The third kappa shape index (κ3) is 4.79. The average Bonchev–Trinajstić information content (AvgIpc) is 2.67. The second kappa shape index (κ2) is 8.90. The van der Waals surface area contributed by atoms with Crippen molar-refractivity contribution in [1.29, 1.82) is 0 Å². The van der Waals surface area contributed by atoms with E-state index in [9.17, 15) is 0 Å². The third-order valence-electron chi connectivity index (χ3n) is 5.11. The van der Waals surface area contributed by atoms with Crippen LogP contribution in [0.5, 0.6) is 0 Å². The first-order valence-electron chi connectivity index (χ1n) is 9.60. The predicted molar refractivity (Wildman–Crippen MR) is 107 cm³/mol. The summed E-state index contributed by atoms with van der Waals surface area (Å²) in [6.45, 7) is 0.682. The first kappa shape index (κ1) is 17.8. The van der Waals surface area contributed by atoms with Gasteiger partial charge in [-0.3, -0.25) is 0 Å². The smallest absolute Gasteiger partial charge is 0.0843 e. The summed E-state index contributed by atoms with van der Waals surface area (Å²) < 4.78 is 12.6. The van der Waals surface area contributed by atoms with E-state index in [2.05, 4.69) is 60.7 Å². The molecule has 0 aromatic heterocycles. The van der Waals surface area contributed by atoms with Crippen LogP contribution in [-0.2, 0) is 16.1 Å². The Morgan fingerprint density at radius 2 is 1.69 bits per heavy atom. The van der Waals surface area contributed by atoms with Crippen molar-refractivity contribution in [3.63, 3.8) is 0 Å². The molecule has 0 radical (unpaired) electrons. The van der Waals surface area contributed by atoms with Gasteiger partial charge in [-0.1, -0.05) is 66.4 Å². The zero-order valence-corrected chi connectivity index (χ0v) is 15.9. The van der Waals surface area contributed by atoms with Gasteiger partial charge in [0.1, 0.15) is 0 Å². The normalized spacial score (nSPS) is 27.8. The monoisotopic (exact) mass is 366 g/mol. The molecule has 2 aromatic carbocycles. The molecule has 2 heterocycles. The lowest BCUT2D eigenvalue weighted by atomic mass is 9.94. The van der Waals surface area contributed by atoms with Crippen molar-refractivity contribution in [2.24, 2.45) is 0 Å². The van der Waals surface area contributed by atoms with Crippen LogP contribution in [0.2, 0.25) is 0 Å². The summed E-state index contributed by atoms with van der Waals surface area (Å²) in [7, 11) is 0. The van der Waals surface area contributed by atoms with E-state index in [1.54, 1.807) is 0 Å². The zero-order chi connectivity index (χ0) is 17.6. The minimum Gasteiger partial charge on any atom is -0.372 e. The van der Waals surface area contributed by atoms with E-state index in [4.69, 9.17) is 9.47 Å². The van der Waals surface area contributed by atoms with Crippen LogP contribution in [0.4, 0.5) is 0 Å². The molecule has 1 fully saturated rings. The highest BCUT2D eigenvalue weighted by Crippen LogP contribution is 2.37. The fraction of sp³-hybridized carbons (Fsp3) is 0.391. The molecule has 2 nitrogen and oxygen atoms in total. The van der Waals surface area contributed by atoms with Gasteiger partial charge in [0.2, 0.25) is 0 Å². The molecule has 0 saturated carbocycles. The van der Waals surface area contributed by atoms with Gasteiger partial charge in [-0.25, -0.2) is 0 Å². The van der Waals surface area contributed by atoms with E-state index in [-0.39, 0.29) is 12.2 Å². The number of thioether (sulfide) groups is 1. The van der Waals surface area contributed by atoms with E-state index >= 15 is 0 Å². The Morgan fingerprint density at radius 1 is 0.923 bits per heavy atom. The second-order valence-corrected chi connectivity index (χ2v) is 8.28. The standard InChI is InChI=1S/C23H26O2S/c1-3-8-18(9-4-1)17-24-22-15-14-19-16-21(12-7-13-23(22)25-19)26-20-10-5-2-6-11-20/h1-6,8-12,19,22-23H,7,13-17H2/b21-12+/t19-,22+,23-/m1/s1. The lowest BCUT2D eigenvalue weighted by Gasteiger charge is -2.38. The van der Waals surface area contributed by atoms with Gasteiger partial charge in [-0.15, -0.1) is 0 Å². The Hall–Kier alpha value is -1.55. The fourth-order valence-electron chi connectivity index (χ4n) is 3.75. The largest absolute Gasteiger partial charge is 0.372 e. The molecule has 2 aliphatic rings. The fourth-order valence-corrected chi connectivity index (χ4v) is 4.82. The molecule has 2 aromatic rings. The Bertz CT molecular complexity index is 714. The van der Waals surface area contributed by atoms with Crippen molar-refractivity contribution in [1.82, 2.24) is 0 Å². The number of benzene rings is 2. The molecule has 1 saturated heterocycles. The number of hydrogen-bond acceptors (Lipinski definition) is 3. The molecule has 0 spiro atoms. The van der Waals surface area contributed by atoms with Gasteiger partial charge in [0, 0.05) is 11.3 Å². The van der Waals surface area contributed by atoms with Gasteiger partial charge in [0.15, 0.2) is 0 Å². The maximum atomic E-state index is 6.42. The minimum absolute atomic E-state index is 0.225. The molecule has 2 bridgehead atoms. The number of allylic oxidation sites excluding steroid dienone is 1. The van der Waals surface area contributed by atoms with E-state index < -0.39 is 0 Å². The second-order valence-electron chi connectivity index (χ2n) is 7.08. The van der Waals surface area contributed by atoms with E-state index in [0.717, 1.165) is 32.1 Å². The molecule has 0 amide bonds. The van der Waals surface area contributed by atoms with Crippen molar-refractivity contribution in [3.8, 4) is 0 Å². The van der Waals surface area contributed by atoms with Crippen LogP contribution >= 0.6 is 11.8 Å². The molecular weight excluding hydrogens is 340 g/mol. The molecule has 136 valence electrons. The van der Waals surface area contributed by atoms with E-state index in [1.807, 2.05) is 17.8 Å². The molecule has 2 aliphatic heterocycles. The van der Waals surface area contributed by atoms with E-state index in [1.165, 1.54) is 15.4 Å². The molecule has 0 unspecified atom stereocenters. The van der Waals surface area contributed by atoms with Crippen LogP contribution in [0.15, 0.2) is 76.5 Å². The van der Waals surface area contributed by atoms with Crippen LogP contribution in [0.3, 0.4) is 0 Å². The maximum absolute atomic E-state index is 6.42. The Labute approximate surface area is 160 Å². The average molecular weight is 367 g/mol. The molecule has 0 N–H and O–H groups in total.